The van der Waals surface area contributed by atoms with Gasteiger partial charge in [-0.05, 0) is 58.5 Å². The average Bonchev–Trinajstić information content (AvgIpc) is 3.32. The third kappa shape index (κ3) is 4.16. The fraction of sp³-hybridized carbons (Fsp3) is 0.0370. The first-order chi connectivity index (χ1) is 17.0. The molecule has 174 valence electrons. The van der Waals surface area contributed by atoms with Crippen molar-refractivity contribution in [2.75, 3.05) is 10.6 Å². The van der Waals surface area contributed by atoms with Gasteiger partial charge in [0.05, 0.1) is 11.4 Å². The monoisotopic (exact) mass is 481 g/mol. The van der Waals surface area contributed by atoms with Crippen molar-refractivity contribution in [2.24, 2.45) is 11.5 Å². The Morgan fingerprint density at radius 3 is 2.31 bits per heavy atom. The highest BCUT2D eigenvalue weighted by molar-refractivity contribution is 7.18. The highest BCUT2D eigenvalue weighted by Crippen LogP contribution is 2.42. The van der Waals surface area contributed by atoms with Crippen molar-refractivity contribution in [2.45, 2.75) is 6.54 Å². The quantitative estimate of drug-likeness (QED) is 0.260. The van der Waals surface area contributed by atoms with Gasteiger partial charge >= 0.3 is 6.03 Å². The molecule has 0 spiro atoms. The molecule has 35 heavy (non-hydrogen) atoms. The summed E-state index contributed by atoms with van der Waals surface area (Å²) in [5.41, 5.74) is 23.8. The normalized spacial score (nSPS) is 11.0. The number of fused-ring (bicyclic) bond motifs is 1. The van der Waals surface area contributed by atoms with Gasteiger partial charge in [-0.3, -0.25) is 4.90 Å². The number of pyridine rings is 1. The summed E-state index contributed by atoms with van der Waals surface area (Å²) in [5, 5.41) is 12.6. The van der Waals surface area contributed by atoms with Gasteiger partial charge in [0.25, 0.3) is 0 Å². The molecule has 0 atom stereocenters. The lowest BCUT2D eigenvalue weighted by molar-refractivity contribution is 0.256. The summed E-state index contributed by atoms with van der Waals surface area (Å²) in [5.74, 6) is 0.653. The zero-order valence-electron chi connectivity index (χ0n) is 18.7. The smallest absolute Gasteiger partial charge is 0.323 e. The van der Waals surface area contributed by atoms with E-state index >= 15 is 0 Å². The van der Waals surface area contributed by atoms with Gasteiger partial charge in [0.1, 0.15) is 11.6 Å². The molecular weight excluding hydrogens is 458 g/mol. The van der Waals surface area contributed by atoms with Crippen molar-refractivity contribution in [3.8, 4) is 28.0 Å². The molecule has 2 aromatic heterocycles. The number of carbonyl (C=O) groups is 1. The van der Waals surface area contributed by atoms with Gasteiger partial charge in [-0.25, -0.2) is 9.78 Å². The Balaban J connectivity index is 1.55. The van der Waals surface area contributed by atoms with Crippen LogP contribution in [0.5, 0.6) is 5.75 Å². The lowest BCUT2D eigenvalue weighted by atomic mass is 10.0. The number of hydrogen-bond acceptors (Lipinski definition) is 6. The second-order valence-electron chi connectivity index (χ2n) is 8.05. The molecule has 3 aromatic carbocycles. The minimum atomic E-state index is -0.583. The Hall–Kier alpha value is -4.40. The number of phenolic OH excluding ortho intramolecular Hbond substituents is 1. The van der Waals surface area contributed by atoms with Gasteiger partial charge < -0.3 is 22.3 Å². The average molecular weight is 482 g/mol. The van der Waals surface area contributed by atoms with Crippen LogP contribution in [0.4, 0.5) is 22.0 Å². The molecule has 0 aliphatic rings. The summed E-state index contributed by atoms with van der Waals surface area (Å²) in [6.45, 7) is 0.367. The number of anilines is 3. The summed E-state index contributed by atoms with van der Waals surface area (Å²) >= 11 is 1.59. The highest BCUT2D eigenvalue weighted by Gasteiger charge is 2.18. The van der Waals surface area contributed by atoms with E-state index in [0.717, 1.165) is 37.9 Å². The Labute approximate surface area is 206 Å². The molecule has 0 saturated carbocycles. The lowest BCUT2D eigenvalue weighted by Crippen LogP contribution is -2.31. The van der Waals surface area contributed by atoms with E-state index in [0.29, 0.717) is 23.7 Å². The first-order valence-corrected chi connectivity index (χ1v) is 11.8. The Morgan fingerprint density at radius 1 is 0.943 bits per heavy atom. The summed E-state index contributed by atoms with van der Waals surface area (Å²) in [4.78, 5) is 18.2. The number of thiophene rings is 1. The van der Waals surface area contributed by atoms with Crippen molar-refractivity contribution in [1.82, 2.24) is 4.98 Å². The Morgan fingerprint density at radius 2 is 1.63 bits per heavy atom. The molecule has 2 heterocycles. The number of urea groups is 1. The van der Waals surface area contributed by atoms with Crippen molar-refractivity contribution in [3.63, 3.8) is 0 Å². The van der Waals surface area contributed by atoms with Gasteiger partial charge in [-0.1, -0.05) is 36.4 Å². The molecule has 0 aliphatic heterocycles. The molecule has 7 N–H and O–H groups in total. The van der Waals surface area contributed by atoms with Crippen LogP contribution in [0, 0.1) is 0 Å². The number of aromatic hydroxyl groups is 1. The minimum absolute atomic E-state index is 0.208. The number of rotatable bonds is 5. The van der Waals surface area contributed by atoms with Crippen LogP contribution in [0.25, 0.3) is 32.3 Å². The predicted octanol–water partition coefficient (Wildman–Crippen LogP) is 5.59. The first-order valence-electron chi connectivity index (χ1n) is 10.9. The van der Waals surface area contributed by atoms with Crippen molar-refractivity contribution in [3.05, 3.63) is 89.9 Å². The number of nitrogens with zero attached hydrogens (tertiary/aromatic N) is 2. The van der Waals surface area contributed by atoms with Crippen LogP contribution in [0.1, 0.15) is 5.56 Å². The second-order valence-corrected chi connectivity index (χ2v) is 8.93. The molecule has 8 heteroatoms. The van der Waals surface area contributed by atoms with Crippen molar-refractivity contribution in [1.29, 1.82) is 0 Å². The lowest BCUT2D eigenvalue weighted by Gasteiger charge is -2.21. The Bertz CT molecular complexity index is 1530. The van der Waals surface area contributed by atoms with Crippen molar-refractivity contribution < 1.29 is 9.90 Å². The predicted molar refractivity (Wildman–Crippen MR) is 143 cm³/mol. The van der Waals surface area contributed by atoms with E-state index in [4.69, 9.17) is 17.2 Å². The summed E-state index contributed by atoms with van der Waals surface area (Å²) in [6, 6.07) is 21.4. The van der Waals surface area contributed by atoms with Crippen LogP contribution in [0.15, 0.2) is 84.4 Å². The molecule has 0 fully saturated rings. The standard InChI is InChI=1S/C27H23N5O2S/c28-13-16-2-1-3-20(12-16)32(27(30)34)19-8-4-18(5-9-19)23-15-35-25-22(14-31-26(29)24(23)25)17-6-10-21(33)11-7-17/h1-12,14-15,33H,13,28H2,(H2,29,31)(H2,30,34). The maximum absolute atomic E-state index is 12.3. The zero-order chi connectivity index (χ0) is 24.5. The molecule has 0 unspecified atom stereocenters. The maximum atomic E-state index is 12.3. The van der Waals surface area contributed by atoms with Crippen LogP contribution in [0.2, 0.25) is 0 Å². The number of aromatic nitrogens is 1. The number of nitrogens with two attached hydrogens (primary N) is 3. The molecule has 0 bridgehead atoms. The van der Waals surface area contributed by atoms with Crippen LogP contribution >= 0.6 is 11.3 Å². The van der Waals surface area contributed by atoms with E-state index in [1.807, 2.05) is 60.7 Å². The number of nitrogen functional groups attached to an aromatic ring is 1. The van der Waals surface area contributed by atoms with Crippen molar-refractivity contribution >= 4 is 44.6 Å². The topological polar surface area (TPSA) is 131 Å². The second kappa shape index (κ2) is 9.09. The van der Waals surface area contributed by atoms with E-state index in [1.165, 1.54) is 4.90 Å². The number of hydrogen-bond donors (Lipinski definition) is 4. The number of primary amides is 1. The van der Waals surface area contributed by atoms with Gasteiger partial charge in [0, 0.05) is 34.0 Å². The van der Waals surface area contributed by atoms with Gasteiger partial charge in [0.15, 0.2) is 0 Å². The zero-order valence-corrected chi connectivity index (χ0v) is 19.5. The minimum Gasteiger partial charge on any atom is -0.508 e. The summed E-state index contributed by atoms with van der Waals surface area (Å²) in [6.07, 6.45) is 1.76. The van der Waals surface area contributed by atoms with Gasteiger partial charge in [-0.15, -0.1) is 11.3 Å². The fourth-order valence-electron chi connectivity index (χ4n) is 4.14. The largest absolute Gasteiger partial charge is 0.508 e. The fourth-order valence-corrected chi connectivity index (χ4v) is 5.26. The molecule has 2 amide bonds. The van der Waals surface area contributed by atoms with Crippen LogP contribution in [-0.4, -0.2) is 16.1 Å². The molecule has 0 aliphatic carbocycles. The molecule has 7 nitrogen and oxygen atoms in total. The Kier molecular flexibility index (Phi) is 5.82. The maximum Gasteiger partial charge on any atom is 0.323 e. The summed E-state index contributed by atoms with van der Waals surface area (Å²) < 4.78 is 1.01. The van der Waals surface area contributed by atoms with Crippen LogP contribution in [-0.2, 0) is 6.54 Å². The highest BCUT2D eigenvalue weighted by atomic mass is 32.1. The molecule has 5 aromatic rings. The van der Waals surface area contributed by atoms with Gasteiger partial charge in [-0.2, -0.15) is 0 Å². The SMILES string of the molecule is NCc1cccc(N(C(N)=O)c2ccc(-c3csc4c(-c5ccc(O)cc5)cnc(N)c34)cc2)c1. The number of carbonyl (C=O) groups excluding carboxylic acids is 1. The third-order valence-corrected chi connectivity index (χ3v) is 6.88. The van der Waals surface area contributed by atoms with E-state index in [-0.39, 0.29) is 5.75 Å². The molecular formula is C27H23N5O2S. The summed E-state index contributed by atoms with van der Waals surface area (Å²) in [7, 11) is 0. The van der Waals surface area contributed by atoms with Gasteiger partial charge in [0.2, 0.25) is 0 Å². The van der Waals surface area contributed by atoms with E-state index < -0.39 is 6.03 Å². The number of phenols is 1. The molecule has 0 saturated heterocycles. The van der Waals surface area contributed by atoms with E-state index in [2.05, 4.69) is 10.4 Å². The first kappa shape index (κ1) is 22.4. The third-order valence-electron chi connectivity index (χ3n) is 5.86. The van der Waals surface area contributed by atoms with Crippen LogP contribution in [0.3, 0.4) is 0 Å². The number of benzene rings is 3. The number of amides is 2. The molecule has 5 rings (SSSR count). The van der Waals surface area contributed by atoms with E-state index in [9.17, 15) is 9.90 Å². The molecule has 0 radical (unpaired) electrons. The van der Waals surface area contributed by atoms with E-state index in [1.54, 1.807) is 29.7 Å². The van der Waals surface area contributed by atoms with Crippen LogP contribution < -0.4 is 22.1 Å².